The Morgan fingerprint density at radius 2 is 2.21 bits per heavy atom. The summed E-state index contributed by atoms with van der Waals surface area (Å²) in [5.74, 6) is 0.429. The largest absolute Gasteiger partial charge is 0.354 e. The van der Waals surface area contributed by atoms with Crippen LogP contribution in [0, 0.1) is 5.82 Å². The van der Waals surface area contributed by atoms with Crippen LogP contribution in [-0.2, 0) is 0 Å². The van der Waals surface area contributed by atoms with Crippen LogP contribution in [-0.4, -0.2) is 16.0 Å². The Morgan fingerprint density at radius 3 is 2.93 bits per heavy atom. The first kappa shape index (κ1) is 8.99. The molecule has 1 heterocycles. The molecular weight excluding hydrogens is 181 g/mol. The lowest BCUT2D eigenvalue weighted by Crippen LogP contribution is -2.10. The standard InChI is InChI=1S/C10H12FN3/c1-6(2)12-10-13-8-4-3-7(11)5-9(8)14-10/h3-6H,1-2H3,(H2,12,13,14). The Morgan fingerprint density at radius 1 is 1.43 bits per heavy atom. The fraction of sp³-hybridized carbons (Fsp3) is 0.300. The van der Waals surface area contributed by atoms with E-state index in [1.165, 1.54) is 12.1 Å². The van der Waals surface area contributed by atoms with Crippen molar-refractivity contribution in [3.63, 3.8) is 0 Å². The number of anilines is 1. The van der Waals surface area contributed by atoms with Crippen molar-refractivity contribution in [2.75, 3.05) is 5.32 Å². The summed E-state index contributed by atoms with van der Waals surface area (Å²) in [6, 6.07) is 4.81. The number of fused-ring (bicyclic) bond motifs is 1. The molecule has 0 bridgehead atoms. The van der Waals surface area contributed by atoms with Crippen molar-refractivity contribution in [2.45, 2.75) is 19.9 Å². The number of halogens is 1. The third-order valence-corrected chi connectivity index (χ3v) is 1.87. The van der Waals surface area contributed by atoms with E-state index in [0.717, 1.165) is 5.52 Å². The van der Waals surface area contributed by atoms with E-state index in [1.54, 1.807) is 6.07 Å². The second-order valence-corrected chi connectivity index (χ2v) is 3.55. The highest BCUT2D eigenvalue weighted by Gasteiger charge is 2.03. The monoisotopic (exact) mass is 193 g/mol. The van der Waals surface area contributed by atoms with Gasteiger partial charge in [-0.05, 0) is 32.0 Å². The fourth-order valence-corrected chi connectivity index (χ4v) is 1.32. The van der Waals surface area contributed by atoms with Gasteiger partial charge in [0, 0.05) is 6.04 Å². The summed E-state index contributed by atoms with van der Waals surface area (Å²) in [5.41, 5.74) is 1.49. The number of nitrogens with zero attached hydrogens (tertiary/aromatic N) is 1. The summed E-state index contributed by atoms with van der Waals surface area (Å²) >= 11 is 0. The van der Waals surface area contributed by atoms with Crippen molar-refractivity contribution in [3.05, 3.63) is 24.0 Å². The van der Waals surface area contributed by atoms with Crippen LogP contribution in [0.1, 0.15) is 13.8 Å². The molecule has 2 rings (SSSR count). The molecule has 0 fully saturated rings. The summed E-state index contributed by atoms with van der Waals surface area (Å²) in [6.45, 7) is 4.04. The predicted molar refractivity (Wildman–Crippen MR) is 54.8 cm³/mol. The summed E-state index contributed by atoms with van der Waals surface area (Å²) in [7, 11) is 0. The number of aromatic amines is 1. The molecule has 2 aromatic rings. The third kappa shape index (κ3) is 1.69. The molecule has 0 spiro atoms. The van der Waals surface area contributed by atoms with Gasteiger partial charge in [0.1, 0.15) is 5.82 Å². The molecule has 14 heavy (non-hydrogen) atoms. The third-order valence-electron chi connectivity index (χ3n) is 1.87. The molecule has 2 N–H and O–H groups in total. The Hall–Kier alpha value is -1.58. The first-order chi connectivity index (χ1) is 6.65. The number of hydrogen-bond donors (Lipinski definition) is 2. The molecule has 74 valence electrons. The smallest absolute Gasteiger partial charge is 0.201 e. The van der Waals surface area contributed by atoms with Crippen molar-refractivity contribution in [1.29, 1.82) is 0 Å². The second-order valence-electron chi connectivity index (χ2n) is 3.55. The zero-order chi connectivity index (χ0) is 10.1. The van der Waals surface area contributed by atoms with Gasteiger partial charge in [-0.3, -0.25) is 0 Å². The maximum Gasteiger partial charge on any atom is 0.201 e. The quantitative estimate of drug-likeness (QED) is 0.769. The number of aromatic nitrogens is 2. The van der Waals surface area contributed by atoms with Crippen LogP contribution in [0.4, 0.5) is 10.3 Å². The maximum absolute atomic E-state index is 12.8. The zero-order valence-electron chi connectivity index (χ0n) is 8.13. The van der Waals surface area contributed by atoms with E-state index in [1.807, 2.05) is 13.8 Å². The summed E-state index contributed by atoms with van der Waals surface area (Å²) in [5, 5.41) is 3.12. The molecule has 4 heteroatoms. The first-order valence-corrected chi connectivity index (χ1v) is 4.57. The lowest BCUT2D eigenvalue weighted by Gasteiger charge is -2.04. The molecule has 0 aliphatic carbocycles. The number of rotatable bonds is 2. The van der Waals surface area contributed by atoms with Crippen LogP contribution in [0.2, 0.25) is 0 Å². The van der Waals surface area contributed by atoms with E-state index in [9.17, 15) is 4.39 Å². The minimum absolute atomic E-state index is 0.253. The molecule has 1 aromatic carbocycles. The minimum atomic E-state index is -0.253. The Balaban J connectivity index is 2.41. The Bertz CT molecular complexity index is 448. The van der Waals surface area contributed by atoms with Crippen molar-refractivity contribution >= 4 is 17.0 Å². The van der Waals surface area contributed by atoms with E-state index in [2.05, 4.69) is 15.3 Å². The normalized spacial score (nSPS) is 11.1. The van der Waals surface area contributed by atoms with Crippen molar-refractivity contribution in [1.82, 2.24) is 9.97 Å². The first-order valence-electron chi connectivity index (χ1n) is 4.57. The van der Waals surface area contributed by atoms with Crippen molar-refractivity contribution in [2.24, 2.45) is 0 Å². The summed E-state index contributed by atoms with van der Waals surface area (Å²) in [6.07, 6.45) is 0. The highest BCUT2D eigenvalue weighted by atomic mass is 19.1. The molecule has 1 aromatic heterocycles. The number of hydrogen-bond acceptors (Lipinski definition) is 2. The molecular formula is C10H12FN3. The van der Waals surface area contributed by atoms with Crippen molar-refractivity contribution < 1.29 is 4.39 Å². The van der Waals surface area contributed by atoms with Gasteiger partial charge in [0.05, 0.1) is 11.0 Å². The Labute approximate surface area is 81.4 Å². The topological polar surface area (TPSA) is 40.7 Å². The average molecular weight is 193 g/mol. The number of H-pyrrole nitrogens is 1. The molecule has 0 atom stereocenters. The van der Waals surface area contributed by atoms with Crippen LogP contribution in [0.3, 0.4) is 0 Å². The molecule has 0 radical (unpaired) electrons. The lowest BCUT2D eigenvalue weighted by atomic mass is 10.3. The van der Waals surface area contributed by atoms with Gasteiger partial charge in [-0.15, -0.1) is 0 Å². The molecule has 3 nitrogen and oxygen atoms in total. The molecule has 0 amide bonds. The molecule has 0 saturated carbocycles. The van der Waals surface area contributed by atoms with Crippen LogP contribution in [0.15, 0.2) is 18.2 Å². The van der Waals surface area contributed by atoms with Crippen LogP contribution in [0.5, 0.6) is 0 Å². The predicted octanol–water partition coefficient (Wildman–Crippen LogP) is 2.52. The van der Waals surface area contributed by atoms with Gasteiger partial charge in [0.25, 0.3) is 0 Å². The van der Waals surface area contributed by atoms with Crippen LogP contribution in [0.25, 0.3) is 11.0 Å². The Kier molecular flexibility index (Phi) is 2.11. The highest BCUT2D eigenvalue weighted by Crippen LogP contribution is 2.15. The van der Waals surface area contributed by atoms with Gasteiger partial charge in [-0.25, -0.2) is 9.37 Å². The zero-order valence-corrected chi connectivity index (χ0v) is 8.13. The van der Waals surface area contributed by atoms with E-state index in [-0.39, 0.29) is 5.82 Å². The summed E-state index contributed by atoms with van der Waals surface area (Å²) in [4.78, 5) is 7.27. The number of benzene rings is 1. The molecule has 0 unspecified atom stereocenters. The van der Waals surface area contributed by atoms with Gasteiger partial charge in [0.2, 0.25) is 5.95 Å². The van der Waals surface area contributed by atoms with E-state index >= 15 is 0 Å². The lowest BCUT2D eigenvalue weighted by molar-refractivity contribution is 0.629. The maximum atomic E-state index is 12.8. The van der Waals surface area contributed by atoms with E-state index in [4.69, 9.17) is 0 Å². The minimum Gasteiger partial charge on any atom is -0.354 e. The highest BCUT2D eigenvalue weighted by molar-refractivity contribution is 5.77. The summed E-state index contributed by atoms with van der Waals surface area (Å²) < 4.78 is 12.8. The van der Waals surface area contributed by atoms with Gasteiger partial charge < -0.3 is 10.3 Å². The van der Waals surface area contributed by atoms with Crippen LogP contribution >= 0.6 is 0 Å². The average Bonchev–Trinajstić information content (AvgIpc) is 2.44. The fourth-order valence-electron chi connectivity index (χ4n) is 1.32. The van der Waals surface area contributed by atoms with Gasteiger partial charge in [-0.2, -0.15) is 0 Å². The van der Waals surface area contributed by atoms with Crippen molar-refractivity contribution in [3.8, 4) is 0 Å². The van der Waals surface area contributed by atoms with Gasteiger partial charge in [0.15, 0.2) is 0 Å². The van der Waals surface area contributed by atoms with Gasteiger partial charge in [-0.1, -0.05) is 0 Å². The van der Waals surface area contributed by atoms with Gasteiger partial charge >= 0.3 is 0 Å². The second kappa shape index (κ2) is 3.29. The van der Waals surface area contributed by atoms with E-state index < -0.39 is 0 Å². The molecule has 0 aliphatic rings. The number of imidazole rings is 1. The number of nitrogens with one attached hydrogen (secondary N) is 2. The molecule has 0 saturated heterocycles. The van der Waals surface area contributed by atoms with E-state index in [0.29, 0.717) is 17.5 Å². The molecule has 0 aliphatic heterocycles. The SMILES string of the molecule is CC(C)Nc1nc2ccc(F)cc2[nH]1. The van der Waals surface area contributed by atoms with Crippen LogP contribution < -0.4 is 5.32 Å².